The zero-order chi connectivity index (χ0) is 14.8. The summed E-state index contributed by atoms with van der Waals surface area (Å²) < 4.78 is 33.1. The van der Waals surface area contributed by atoms with Gasteiger partial charge in [-0.3, -0.25) is 4.79 Å². The summed E-state index contributed by atoms with van der Waals surface area (Å²) in [4.78, 5) is 11.3. The molecule has 0 aromatic heterocycles. The highest BCUT2D eigenvalue weighted by molar-refractivity contribution is 9.12. The maximum absolute atomic E-state index is 12.1. The molecule has 0 heterocycles. The fraction of sp³-hybridized carbons (Fsp3) is 0.0769. The van der Waals surface area contributed by atoms with Gasteiger partial charge in [0, 0.05) is 0 Å². The Balaban J connectivity index is 2.36. The minimum atomic E-state index is -3.82. The number of carbonyl (C=O) groups excluding carboxylic acids is 1. The molecule has 0 atom stereocenters. The van der Waals surface area contributed by atoms with Crippen LogP contribution in [-0.4, -0.2) is 27.0 Å². The first-order valence-corrected chi connectivity index (χ1v) is 7.74. The Labute approximate surface area is 124 Å². The van der Waals surface area contributed by atoms with E-state index in [0.29, 0.717) is 5.75 Å². The van der Waals surface area contributed by atoms with Gasteiger partial charge in [0.05, 0.1) is 22.2 Å². The highest BCUT2D eigenvalue weighted by Crippen LogP contribution is 2.19. The second-order valence-corrected chi connectivity index (χ2v) is 6.32. The molecule has 0 amide bonds. The zero-order valence-corrected chi connectivity index (χ0v) is 12.8. The number of carbonyl (C=O) groups is 1. The van der Waals surface area contributed by atoms with Crippen molar-refractivity contribution in [3.05, 3.63) is 47.0 Å². The molecule has 0 aliphatic heterocycles. The number of nitrogens with zero attached hydrogens (tertiary/aromatic N) is 1. The highest BCUT2D eigenvalue weighted by Gasteiger charge is 2.15. The van der Waals surface area contributed by atoms with Crippen LogP contribution in [0.15, 0.2) is 56.3 Å². The number of hydrogen-bond acceptors (Lipinski definition) is 4. The van der Waals surface area contributed by atoms with Crippen LogP contribution < -0.4 is 4.74 Å². The number of allylic oxidation sites excluding steroid dienone is 4. The van der Waals surface area contributed by atoms with Crippen LogP contribution in [0.3, 0.4) is 0 Å². The van der Waals surface area contributed by atoms with E-state index >= 15 is 0 Å². The van der Waals surface area contributed by atoms with Crippen LogP contribution in [-0.2, 0) is 14.8 Å². The van der Waals surface area contributed by atoms with Gasteiger partial charge in [-0.15, -0.1) is 0 Å². The van der Waals surface area contributed by atoms with Gasteiger partial charge in [0.15, 0.2) is 5.78 Å². The molecular formula is C13H10BrNO4S. The molecule has 0 fully saturated rings. The van der Waals surface area contributed by atoms with Crippen molar-refractivity contribution in [2.45, 2.75) is 4.90 Å². The second-order valence-electron chi connectivity index (χ2n) is 3.86. The maximum Gasteiger partial charge on any atom is 0.282 e. The molecule has 2 rings (SSSR count). The van der Waals surface area contributed by atoms with Crippen LogP contribution in [0, 0.1) is 0 Å². The van der Waals surface area contributed by atoms with Gasteiger partial charge in [-0.05, 0) is 58.4 Å². The summed E-state index contributed by atoms with van der Waals surface area (Å²) in [6.45, 7) is 0. The van der Waals surface area contributed by atoms with Gasteiger partial charge in [0.1, 0.15) is 5.75 Å². The molecule has 1 aliphatic carbocycles. The van der Waals surface area contributed by atoms with Crippen molar-refractivity contribution >= 4 is 37.4 Å². The predicted molar refractivity (Wildman–Crippen MR) is 78.8 cm³/mol. The van der Waals surface area contributed by atoms with Gasteiger partial charge < -0.3 is 4.74 Å². The first kappa shape index (κ1) is 14.7. The third kappa shape index (κ3) is 3.23. The Hall–Kier alpha value is -1.73. The third-order valence-corrected chi connectivity index (χ3v) is 4.44. The highest BCUT2D eigenvalue weighted by atomic mass is 79.9. The Morgan fingerprint density at radius 2 is 1.80 bits per heavy atom. The van der Waals surface area contributed by atoms with Gasteiger partial charge in [0.25, 0.3) is 10.0 Å². The molecule has 104 valence electrons. The van der Waals surface area contributed by atoms with E-state index in [1.54, 1.807) is 12.1 Å². The van der Waals surface area contributed by atoms with Crippen LogP contribution in [0.1, 0.15) is 0 Å². The summed E-state index contributed by atoms with van der Waals surface area (Å²) in [6, 6.07) is 5.90. The van der Waals surface area contributed by atoms with Crippen molar-refractivity contribution in [3.63, 3.8) is 0 Å². The van der Waals surface area contributed by atoms with Gasteiger partial charge in [-0.25, -0.2) is 0 Å². The average Bonchev–Trinajstić information content (AvgIpc) is 2.43. The van der Waals surface area contributed by atoms with Crippen molar-refractivity contribution in [2.75, 3.05) is 7.11 Å². The van der Waals surface area contributed by atoms with Crippen molar-refractivity contribution in [1.29, 1.82) is 0 Å². The number of hydrogen-bond donors (Lipinski definition) is 0. The average molecular weight is 356 g/mol. The molecule has 5 nitrogen and oxygen atoms in total. The molecule has 0 bridgehead atoms. The van der Waals surface area contributed by atoms with Crippen molar-refractivity contribution < 1.29 is 17.9 Å². The van der Waals surface area contributed by atoms with E-state index in [4.69, 9.17) is 4.74 Å². The summed E-state index contributed by atoms with van der Waals surface area (Å²) in [5.74, 6) is 0.327. The van der Waals surface area contributed by atoms with E-state index in [1.165, 1.54) is 37.5 Å². The van der Waals surface area contributed by atoms with Gasteiger partial charge in [-0.2, -0.15) is 12.8 Å². The van der Waals surface area contributed by atoms with E-state index < -0.39 is 10.0 Å². The van der Waals surface area contributed by atoms with E-state index in [-0.39, 0.29) is 20.9 Å². The monoisotopic (exact) mass is 355 g/mol. The molecule has 0 spiro atoms. The maximum atomic E-state index is 12.1. The lowest BCUT2D eigenvalue weighted by Crippen LogP contribution is -2.07. The number of benzene rings is 1. The predicted octanol–water partition coefficient (Wildman–Crippen LogP) is 2.24. The first-order valence-electron chi connectivity index (χ1n) is 5.51. The summed E-state index contributed by atoms with van der Waals surface area (Å²) in [5, 5.41) is 0. The normalized spacial score (nSPS) is 17.2. The van der Waals surface area contributed by atoms with Gasteiger partial charge >= 0.3 is 0 Å². The van der Waals surface area contributed by atoms with Crippen LogP contribution >= 0.6 is 15.9 Å². The first-order chi connectivity index (χ1) is 9.42. The molecule has 0 unspecified atom stereocenters. The Morgan fingerprint density at radius 1 is 1.15 bits per heavy atom. The number of rotatable bonds is 3. The fourth-order valence-corrected chi connectivity index (χ4v) is 2.83. The Morgan fingerprint density at radius 3 is 2.35 bits per heavy atom. The molecule has 1 aromatic carbocycles. The van der Waals surface area contributed by atoms with Crippen LogP contribution in [0.5, 0.6) is 5.75 Å². The zero-order valence-electron chi connectivity index (χ0n) is 10.4. The van der Waals surface area contributed by atoms with Crippen LogP contribution in [0.2, 0.25) is 0 Å². The van der Waals surface area contributed by atoms with Crippen molar-refractivity contribution in [3.8, 4) is 5.75 Å². The molecule has 1 aromatic rings. The lowest BCUT2D eigenvalue weighted by Gasteiger charge is -2.04. The molecule has 0 saturated carbocycles. The van der Waals surface area contributed by atoms with E-state index in [0.717, 1.165) is 0 Å². The third-order valence-electron chi connectivity index (χ3n) is 2.50. The van der Waals surface area contributed by atoms with E-state index in [1.807, 2.05) is 0 Å². The molecule has 20 heavy (non-hydrogen) atoms. The fourth-order valence-electron chi connectivity index (χ4n) is 1.49. The lowest BCUT2D eigenvalue weighted by molar-refractivity contribution is -0.110. The summed E-state index contributed by atoms with van der Waals surface area (Å²) in [5.41, 5.74) is 0.187. The van der Waals surface area contributed by atoms with E-state index in [2.05, 4.69) is 20.3 Å². The number of halogens is 1. The molecule has 0 radical (unpaired) electrons. The topological polar surface area (TPSA) is 72.8 Å². The van der Waals surface area contributed by atoms with Crippen molar-refractivity contribution in [2.24, 2.45) is 4.40 Å². The number of sulfonamides is 1. The quantitative estimate of drug-likeness (QED) is 0.779. The summed E-state index contributed by atoms with van der Waals surface area (Å²) in [6.07, 6.45) is 3.98. The molecule has 0 saturated heterocycles. The second kappa shape index (κ2) is 5.72. The molecule has 0 N–H and O–H groups in total. The molecular weight excluding hydrogens is 346 g/mol. The Bertz CT molecular complexity index is 730. The smallest absolute Gasteiger partial charge is 0.282 e. The minimum absolute atomic E-state index is 0.0561. The van der Waals surface area contributed by atoms with E-state index in [9.17, 15) is 13.2 Å². The van der Waals surface area contributed by atoms with Crippen molar-refractivity contribution in [1.82, 2.24) is 0 Å². The van der Waals surface area contributed by atoms with Crippen LogP contribution in [0.4, 0.5) is 0 Å². The standard InChI is InChI=1S/C13H10BrNO4S/c1-19-10-3-5-11(6-4-10)20(17,18)15-9-2-7-13(16)12(14)8-9/h2-8H,1H3. The number of ketones is 1. The summed E-state index contributed by atoms with van der Waals surface area (Å²) >= 11 is 3.04. The lowest BCUT2D eigenvalue weighted by atomic mass is 10.2. The minimum Gasteiger partial charge on any atom is -0.497 e. The van der Waals surface area contributed by atoms with Gasteiger partial charge in [0.2, 0.25) is 0 Å². The summed E-state index contributed by atoms with van der Waals surface area (Å²) in [7, 11) is -2.33. The Kier molecular flexibility index (Phi) is 4.20. The SMILES string of the molecule is COc1ccc(S(=O)(=O)N=C2C=CC(=O)C(Br)=C2)cc1. The van der Waals surface area contributed by atoms with Crippen LogP contribution in [0.25, 0.3) is 0 Å². The largest absolute Gasteiger partial charge is 0.497 e. The molecule has 1 aliphatic rings. The number of methoxy groups -OCH3 is 1. The molecule has 7 heteroatoms. The number of ether oxygens (including phenoxy) is 1. The van der Waals surface area contributed by atoms with Gasteiger partial charge in [-0.1, -0.05) is 0 Å².